The number of nitrogens with zero attached hydrogens (tertiary/aromatic N) is 3. The number of rotatable bonds is 2. The second-order valence-electron chi connectivity index (χ2n) is 6.34. The van der Waals surface area contributed by atoms with Crippen molar-refractivity contribution in [2.75, 3.05) is 0 Å². The molecule has 3 heterocycles. The van der Waals surface area contributed by atoms with E-state index in [0.29, 0.717) is 5.56 Å². The smallest absolute Gasteiger partial charge is 0.310 e. The van der Waals surface area contributed by atoms with Crippen molar-refractivity contribution in [2.45, 2.75) is 26.7 Å². The molecule has 3 aromatic heterocycles. The maximum atomic E-state index is 9.77. The zero-order valence-electron chi connectivity index (χ0n) is 14.0. The van der Waals surface area contributed by atoms with Crippen molar-refractivity contribution in [1.82, 2.24) is 9.97 Å². The van der Waals surface area contributed by atoms with Crippen LogP contribution in [-0.4, -0.2) is 9.97 Å². The van der Waals surface area contributed by atoms with Crippen LogP contribution in [0, 0.1) is 18.3 Å². The number of imidazole rings is 2. The number of nitriles is 1. The van der Waals surface area contributed by atoms with Gasteiger partial charge in [-0.2, -0.15) is 5.26 Å². The van der Waals surface area contributed by atoms with Gasteiger partial charge in [-0.05, 0) is 23.6 Å². The first-order valence-electron chi connectivity index (χ1n) is 8.07. The van der Waals surface area contributed by atoms with Gasteiger partial charge >= 0.3 is 11.6 Å². The van der Waals surface area contributed by atoms with Crippen LogP contribution < -0.4 is 8.97 Å². The molecule has 4 rings (SSSR count). The Balaban J connectivity index is 2.26. The summed E-state index contributed by atoms with van der Waals surface area (Å²) in [6.45, 7) is 6.27. The zero-order chi connectivity index (χ0) is 16.8. The summed E-state index contributed by atoms with van der Waals surface area (Å²) < 4.78 is 4.24. The van der Waals surface area contributed by atoms with Crippen molar-refractivity contribution >= 4 is 16.7 Å². The van der Waals surface area contributed by atoms with E-state index in [2.05, 4.69) is 51.0 Å². The van der Waals surface area contributed by atoms with Crippen LogP contribution in [0.3, 0.4) is 0 Å². The maximum absolute atomic E-state index is 9.77. The summed E-state index contributed by atoms with van der Waals surface area (Å²) in [7, 11) is 0. The van der Waals surface area contributed by atoms with Crippen molar-refractivity contribution < 1.29 is 8.97 Å². The van der Waals surface area contributed by atoms with Crippen LogP contribution in [0.2, 0.25) is 0 Å². The van der Waals surface area contributed by atoms with E-state index in [1.54, 1.807) is 0 Å². The molecule has 5 heteroatoms. The third-order valence-corrected chi connectivity index (χ3v) is 4.52. The molecule has 0 fully saturated rings. The Morgan fingerprint density at radius 1 is 1.21 bits per heavy atom. The van der Waals surface area contributed by atoms with E-state index in [9.17, 15) is 5.26 Å². The van der Waals surface area contributed by atoms with E-state index in [4.69, 9.17) is 0 Å². The minimum Gasteiger partial charge on any atom is -0.310 e. The fourth-order valence-electron chi connectivity index (χ4n) is 3.32. The SMILES string of the molecule is Cc1[nH]cc[n+]1-c1cc(C(C)C)c(C#N)c2[nH]c3ccccc3[n+]12. The Morgan fingerprint density at radius 3 is 2.67 bits per heavy atom. The molecule has 0 atom stereocenters. The number of nitrogens with one attached hydrogen (secondary N) is 2. The van der Waals surface area contributed by atoms with E-state index in [-0.39, 0.29) is 5.92 Å². The molecule has 0 bridgehead atoms. The van der Waals surface area contributed by atoms with Gasteiger partial charge in [0.05, 0.1) is 18.5 Å². The Kier molecular flexibility index (Phi) is 3.14. The Bertz CT molecular complexity index is 1110. The fraction of sp³-hybridized carbons (Fsp3) is 0.211. The molecule has 24 heavy (non-hydrogen) atoms. The number of hydrogen-bond donors (Lipinski definition) is 2. The van der Waals surface area contributed by atoms with Gasteiger partial charge in [-0.25, -0.2) is 4.98 Å². The van der Waals surface area contributed by atoms with E-state index in [1.165, 1.54) is 0 Å². The number of hydrogen-bond acceptors (Lipinski definition) is 1. The average Bonchev–Trinajstić information content (AvgIpc) is 3.16. The number of fused-ring (bicyclic) bond motifs is 3. The van der Waals surface area contributed by atoms with E-state index < -0.39 is 0 Å². The molecular formula is C19H19N5+2. The largest absolute Gasteiger partial charge is 0.352 e. The fourth-order valence-corrected chi connectivity index (χ4v) is 3.32. The van der Waals surface area contributed by atoms with Gasteiger partial charge in [-0.1, -0.05) is 26.0 Å². The van der Waals surface area contributed by atoms with Crippen LogP contribution in [0.5, 0.6) is 0 Å². The number of para-hydroxylation sites is 2. The lowest BCUT2D eigenvalue weighted by atomic mass is 9.99. The van der Waals surface area contributed by atoms with Gasteiger partial charge in [-0.3, -0.25) is 0 Å². The summed E-state index contributed by atoms with van der Waals surface area (Å²) in [6.07, 6.45) is 3.93. The highest BCUT2D eigenvalue weighted by atomic mass is 15.2. The predicted molar refractivity (Wildman–Crippen MR) is 90.9 cm³/mol. The number of pyridine rings is 1. The van der Waals surface area contributed by atoms with E-state index in [1.807, 2.05) is 37.5 Å². The molecule has 4 aromatic rings. The number of H-pyrrole nitrogens is 2. The number of benzene rings is 1. The molecule has 0 amide bonds. The normalized spacial score (nSPS) is 11.5. The molecular weight excluding hydrogens is 298 g/mol. The molecule has 0 aliphatic carbocycles. The lowest BCUT2D eigenvalue weighted by Crippen LogP contribution is -2.44. The van der Waals surface area contributed by atoms with Crippen molar-refractivity contribution in [1.29, 1.82) is 5.26 Å². The Hall–Kier alpha value is -3.13. The van der Waals surface area contributed by atoms with Gasteiger partial charge < -0.3 is 4.98 Å². The zero-order valence-corrected chi connectivity index (χ0v) is 14.0. The molecule has 0 radical (unpaired) electrons. The molecule has 5 nitrogen and oxygen atoms in total. The third-order valence-electron chi connectivity index (χ3n) is 4.52. The Labute approximate surface area is 139 Å². The minimum atomic E-state index is 0.259. The number of aromatic amines is 2. The van der Waals surface area contributed by atoms with Gasteiger partial charge in [0.15, 0.2) is 17.9 Å². The van der Waals surface area contributed by atoms with Crippen LogP contribution in [-0.2, 0) is 0 Å². The molecule has 0 spiro atoms. The highest BCUT2D eigenvalue weighted by molar-refractivity contribution is 5.76. The summed E-state index contributed by atoms with van der Waals surface area (Å²) in [4.78, 5) is 6.66. The summed E-state index contributed by atoms with van der Waals surface area (Å²) in [6, 6.07) is 12.6. The summed E-state index contributed by atoms with van der Waals surface area (Å²) in [5.74, 6) is 2.31. The predicted octanol–water partition coefficient (Wildman–Crippen LogP) is 2.81. The van der Waals surface area contributed by atoms with Crippen molar-refractivity contribution in [3.8, 4) is 11.9 Å². The summed E-state index contributed by atoms with van der Waals surface area (Å²) >= 11 is 0. The standard InChI is InChI=1S/C19H17N5/c1-12(2)14-10-18(23-9-8-21-13(23)3)24-17-7-5-4-6-16(17)22-19(24)15(14)11-20/h4-10,12H,1-3H3/p+2. The van der Waals surface area contributed by atoms with Crippen molar-refractivity contribution in [3.63, 3.8) is 0 Å². The quantitative estimate of drug-likeness (QED) is 0.549. The Morgan fingerprint density at radius 2 is 2.00 bits per heavy atom. The summed E-state index contributed by atoms with van der Waals surface area (Å²) in [5.41, 5.74) is 4.67. The van der Waals surface area contributed by atoms with Gasteiger partial charge in [0.25, 0.3) is 5.65 Å². The third kappa shape index (κ3) is 1.93. The molecule has 2 N–H and O–H groups in total. The number of aryl methyl sites for hydroxylation is 1. The first kappa shape index (κ1) is 14.5. The van der Waals surface area contributed by atoms with Gasteiger partial charge in [-0.15, -0.1) is 8.97 Å². The highest BCUT2D eigenvalue weighted by Crippen LogP contribution is 2.24. The van der Waals surface area contributed by atoms with Crippen LogP contribution in [0.4, 0.5) is 0 Å². The summed E-state index contributed by atoms with van der Waals surface area (Å²) in [5, 5.41) is 9.77. The molecule has 0 unspecified atom stereocenters. The van der Waals surface area contributed by atoms with Gasteiger partial charge in [0.2, 0.25) is 0 Å². The lowest BCUT2D eigenvalue weighted by Gasteiger charge is -2.08. The molecule has 118 valence electrons. The molecule has 0 saturated carbocycles. The molecule has 1 aromatic carbocycles. The maximum Gasteiger partial charge on any atom is 0.352 e. The topological polar surface area (TPSA) is 63.3 Å². The van der Waals surface area contributed by atoms with Crippen molar-refractivity contribution in [3.05, 3.63) is 59.7 Å². The van der Waals surface area contributed by atoms with Crippen molar-refractivity contribution in [2.24, 2.45) is 0 Å². The highest BCUT2D eigenvalue weighted by Gasteiger charge is 2.28. The van der Waals surface area contributed by atoms with Crippen LogP contribution >= 0.6 is 0 Å². The molecule has 0 saturated heterocycles. The van der Waals surface area contributed by atoms with Gasteiger partial charge in [0, 0.05) is 0 Å². The second kappa shape index (κ2) is 5.20. The second-order valence-corrected chi connectivity index (χ2v) is 6.34. The molecule has 0 aliphatic heterocycles. The van der Waals surface area contributed by atoms with Gasteiger partial charge in [0.1, 0.15) is 11.6 Å². The lowest BCUT2D eigenvalue weighted by molar-refractivity contribution is -0.701. The van der Waals surface area contributed by atoms with Crippen LogP contribution in [0.15, 0.2) is 42.7 Å². The van der Waals surface area contributed by atoms with Crippen LogP contribution in [0.25, 0.3) is 22.5 Å². The van der Waals surface area contributed by atoms with Crippen LogP contribution in [0.1, 0.15) is 36.7 Å². The molecule has 0 aliphatic rings. The minimum absolute atomic E-state index is 0.259. The average molecular weight is 317 g/mol. The van der Waals surface area contributed by atoms with E-state index in [0.717, 1.165) is 33.9 Å². The first-order valence-corrected chi connectivity index (χ1v) is 8.07. The number of aromatic nitrogens is 4. The first-order chi connectivity index (χ1) is 11.6. The monoisotopic (exact) mass is 317 g/mol. The van der Waals surface area contributed by atoms with E-state index >= 15 is 0 Å².